The van der Waals surface area contributed by atoms with Crippen LogP contribution in [-0.4, -0.2) is 47.8 Å². The van der Waals surface area contributed by atoms with E-state index in [1.54, 1.807) is 36.4 Å². The van der Waals surface area contributed by atoms with Crippen LogP contribution in [0.3, 0.4) is 0 Å². The van der Waals surface area contributed by atoms with Gasteiger partial charge in [-0.15, -0.1) is 0 Å². The maximum atomic E-state index is 12.6. The van der Waals surface area contributed by atoms with Crippen molar-refractivity contribution in [2.45, 2.75) is 6.61 Å². The first-order valence-corrected chi connectivity index (χ1v) is 15.2. The molecule has 49 heavy (non-hydrogen) atoms. The number of aromatic nitrogens is 2. The molecule has 0 fully saturated rings. The first kappa shape index (κ1) is 34.5. The summed E-state index contributed by atoms with van der Waals surface area (Å²) in [5.41, 5.74) is 2.41. The molecule has 0 aliphatic heterocycles. The second-order valence-electron chi connectivity index (χ2n) is 9.60. The van der Waals surface area contributed by atoms with E-state index in [0.29, 0.717) is 42.3 Å². The molecular weight excluding hydrogens is 778 g/mol. The second-order valence-corrected chi connectivity index (χ2v) is 11.3. The van der Waals surface area contributed by atoms with E-state index in [1.807, 2.05) is 6.07 Å². The molecule has 2 aromatic heterocycles. The SMILES string of the molecule is COC(=O)c1cc2nc(-c3cccc(Br)c3C#N)oc2cc1O.COC(=O)c1cc2nc(-c3cccc(Br)c3C#N)oc2cc1OC(F)F. The van der Waals surface area contributed by atoms with E-state index in [0.717, 1.165) is 13.2 Å². The fraction of sp³-hybridized carbons (Fsp3) is 0.0909. The number of halogens is 4. The minimum atomic E-state index is -3.13. The van der Waals surface area contributed by atoms with Crippen molar-refractivity contribution in [3.05, 3.63) is 91.9 Å². The van der Waals surface area contributed by atoms with Crippen LogP contribution in [0.15, 0.2) is 78.4 Å². The average molecular weight is 796 g/mol. The van der Waals surface area contributed by atoms with Gasteiger partial charge in [0.1, 0.15) is 45.8 Å². The number of phenolic OH excluding ortho intramolecular Hbond substituents is 1. The molecule has 16 heteroatoms. The highest BCUT2D eigenvalue weighted by Gasteiger charge is 2.22. The Balaban J connectivity index is 0.000000192. The number of fused-ring (bicyclic) bond motifs is 2. The van der Waals surface area contributed by atoms with Gasteiger partial charge in [0.15, 0.2) is 11.2 Å². The summed E-state index contributed by atoms with van der Waals surface area (Å²) in [6.45, 7) is -3.13. The van der Waals surface area contributed by atoms with Crippen LogP contribution < -0.4 is 4.74 Å². The average Bonchev–Trinajstić information content (AvgIpc) is 3.70. The van der Waals surface area contributed by atoms with Gasteiger partial charge in [0, 0.05) is 21.1 Å². The van der Waals surface area contributed by atoms with Gasteiger partial charge in [0.2, 0.25) is 11.8 Å². The molecule has 6 rings (SSSR count). The van der Waals surface area contributed by atoms with Gasteiger partial charge in [-0.25, -0.2) is 19.6 Å². The Kier molecular flexibility index (Phi) is 10.2. The van der Waals surface area contributed by atoms with Crippen LogP contribution in [0.1, 0.15) is 31.8 Å². The lowest BCUT2D eigenvalue weighted by Crippen LogP contribution is -2.09. The highest BCUT2D eigenvalue weighted by molar-refractivity contribution is 9.10. The third-order valence-electron chi connectivity index (χ3n) is 6.73. The number of nitriles is 2. The summed E-state index contributed by atoms with van der Waals surface area (Å²) in [5, 5.41) is 28.5. The van der Waals surface area contributed by atoms with E-state index in [9.17, 15) is 34.0 Å². The van der Waals surface area contributed by atoms with Gasteiger partial charge < -0.3 is 28.2 Å². The number of benzene rings is 4. The minimum Gasteiger partial charge on any atom is -0.507 e. The number of phenols is 1. The molecule has 6 aromatic rings. The largest absolute Gasteiger partial charge is 0.507 e. The number of aromatic hydroxyl groups is 1. The van der Waals surface area contributed by atoms with E-state index >= 15 is 0 Å². The normalized spacial score (nSPS) is 10.6. The molecule has 0 radical (unpaired) electrons. The van der Waals surface area contributed by atoms with Crippen molar-refractivity contribution in [2.24, 2.45) is 0 Å². The zero-order valence-electron chi connectivity index (χ0n) is 25.0. The van der Waals surface area contributed by atoms with Crippen molar-refractivity contribution in [1.29, 1.82) is 10.5 Å². The summed E-state index contributed by atoms with van der Waals surface area (Å²) in [4.78, 5) is 32.0. The number of carbonyl (C=O) groups is 2. The number of oxazole rings is 2. The monoisotopic (exact) mass is 794 g/mol. The molecule has 0 spiro atoms. The second kappa shape index (κ2) is 14.5. The van der Waals surface area contributed by atoms with Crippen LogP contribution in [0.2, 0.25) is 0 Å². The topological polar surface area (TPSA) is 182 Å². The van der Waals surface area contributed by atoms with E-state index in [4.69, 9.17) is 8.83 Å². The van der Waals surface area contributed by atoms with E-state index < -0.39 is 24.3 Å². The number of alkyl halides is 2. The molecule has 0 unspecified atom stereocenters. The van der Waals surface area contributed by atoms with Gasteiger partial charge in [0.05, 0.1) is 36.5 Å². The predicted molar refractivity (Wildman–Crippen MR) is 175 cm³/mol. The Hall–Kier alpha value is -5.84. The van der Waals surface area contributed by atoms with Gasteiger partial charge >= 0.3 is 18.6 Å². The van der Waals surface area contributed by atoms with E-state index in [1.165, 1.54) is 25.3 Å². The van der Waals surface area contributed by atoms with E-state index in [2.05, 4.69) is 62.1 Å². The fourth-order valence-electron chi connectivity index (χ4n) is 4.52. The molecule has 0 aliphatic rings. The van der Waals surface area contributed by atoms with Crippen LogP contribution in [0, 0.1) is 22.7 Å². The van der Waals surface area contributed by atoms with Crippen molar-refractivity contribution in [2.75, 3.05) is 14.2 Å². The third-order valence-corrected chi connectivity index (χ3v) is 8.06. The lowest BCUT2D eigenvalue weighted by Gasteiger charge is -2.08. The van der Waals surface area contributed by atoms with Crippen LogP contribution in [0.5, 0.6) is 11.5 Å². The lowest BCUT2D eigenvalue weighted by atomic mass is 10.1. The Morgan fingerprint density at radius 2 is 1.27 bits per heavy atom. The van der Waals surface area contributed by atoms with E-state index in [-0.39, 0.29) is 39.8 Å². The molecule has 246 valence electrons. The highest BCUT2D eigenvalue weighted by Crippen LogP contribution is 2.35. The third kappa shape index (κ3) is 7.06. The molecular formula is C33H18Br2F2N4O8. The van der Waals surface area contributed by atoms with Gasteiger partial charge in [-0.1, -0.05) is 12.1 Å². The van der Waals surface area contributed by atoms with Crippen molar-refractivity contribution in [1.82, 2.24) is 9.97 Å². The highest BCUT2D eigenvalue weighted by atomic mass is 79.9. The summed E-state index contributed by atoms with van der Waals surface area (Å²) in [5.74, 6) is -1.86. The quantitative estimate of drug-likeness (QED) is 0.160. The number of methoxy groups -OCH3 is 2. The molecule has 4 aromatic carbocycles. The summed E-state index contributed by atoms with van der Waals surface area (Å²) in [6, 6.07) is 19.4. The molecule has 0 saturated carbocycles. The maximum Gasteiger partial charge on any atom is 0.387 e. The number of esters is 2. The Morgan fingerprint density at radius 3 is 1.73 bits per heavy atom. The maximum absolute atomic E-state index is 12.6. The first-order chi connectivity index (χ1) is 23.5. The minimum absolute atomic E-state index is 0.00500. The number of hydrogen-bond acceptors (Lipinski definition) is 12. The molecule has 2 heterocycles. The molecule has 1 N–H and O–H groups in total. The zero-order chi connectivity index (χ0) is 35.4. The predicted octanol–water partition coefficient (Wildman–Crippen LogP) is 8.14. The number of nitrogens with zero attached hydrogens (tertiary/aromatic N) is 4. The van der Waals surface area contributed by atoms with Gasteiger partial charge in [-0.2, -0.15) is 19.3 Å². The van der Waals surface area contributed by atoms with Crippen molar-refractivity contribution in [3.63, 3.8) is 0 Å². The van der Waals surface area contributed by atoms with Crippen LogP contribution in [-0.2, 0) is 9.47 Å². The molecule has 0 atom stereocenters. The fourth-order valence-corrected chi connectivity index (χ4v) is 5.43. The first-order valence-electron chi connectivity index (χ1n) is 13.6. The number of carbonyl (C=O) groups excluding carboxylic acids is 2. The summed E-state index contributed by atoms with van der Waals surface area (Å²) >= 11 is 6.58. The smallest absolute Gasteiger partial charge is 0.387 e. The molecule has 0 amide bonds. The summed E-state index contributed by atoms with van der Waals surface area (Å²) in [6.07, 6.45) is 0. The van der Waals surface area contributed by atoms with Gasteiger partial charge in [-0.3, -0.25) is 0 Å². The lowest BCUT2D eigenvalue weighted by molar-refractivity contribution is -0.0503. The zero-order valence-corrected chi connectivity index (χ0v) is 28.1. The Bertz CT molecular complexity index is 2340. The summed E-state index contributed by atoms with van der Waals surface area (Å²) in [7, 11) is 2.34. The standard InChI is InChI=1S/C17H9BrF2N2O4.C16H9BrN2O4/c1-24-16(23)9-5-12-14(6-13(9)26-17(19)20)25-15(22-12)8-3-2-4-11(18)10(8)7-21;1-22-16(21)9-5-12-14(6-13(9)20)23-15(19-12)8-3-2-4-11(17)10(8)7-18/h2-6,17H,1H3;2-6,20H,1H3. The number of ether oxygens (including phenoxy) is 3. The van der Waals surface area contributed by atoms with Crippen LogP contribution in [0.4, 0.5) is 8.78 Å². The number of hydrogen-bond donors (Lipinski definition) is 1. The van der Waals surface area contributed by atoms with Crippen molar-refractivity contribution >= 4 is 66.0 Å². The number of rotatable bonds is 6. The summed E-state index contributed by atoms with van der Waals surface area (Å²) < 4.78 is 51.2. The molecule has 0 bridgehead atoms. The van der Waals surface area contributed by atoms with Crippen molar-refractivity contribution < 1.29 is 46.5 Å². The molecule has 0 saturated heterocycles. The van der Waals surface area contributed by atoms with Crippen LogP contribution in [0.25, 0.3) is 45.1 Å². The van der Waals surface area contributed by atoms with Gasteiger partial charge in [0.25, 0.3) is 0 Å². The molecule has 12 nitrogen and oxygen atoms in total. The Labute approximate surface area is 291 Å². The molecule has 0 aliphatic carbocycles. The Morgan fingerprint density at radius 1 is 0.796 bits per heavy atom. The van der Waals surface area contributed by atoms with Crippen molar-refractivity contribution in [3.8, 4) is 46.5 Å². The van der Waals surface area contributed by atoms with Gasteiger partial charge in [-0.05, 0) is 68.3 Å². The van der Waals surface area contributed by atoms with Crippen LogP contribution >= 0.6 is 31.9 Å².